The second-order valence-corrected chi connectivity index (χ2v) is 7.64. The van der Waals surface area contributed by atoms with Crippen molar-refractivity contribution >= 4 is 22.1 Å². The highest BCUT2D eigenvalue weighted by Crippen LogP contribution is 2.21. The zero-order valence-electron chi connectivity index (χ0n) is 15.0. The Kier molecular flexibility index (Phi) is 6.00. The SMILES string of the molecule is C=C/C(=C/c1ccc(C(=O)OC)cc1)N(C)S(=O)(=O)c1ccc(C)cc1. The van der Waals surface area contributed by atoms with Gasteiger partial charge in [-0.05, 0) is 48.9 Å². The Morgan fingerprint density at radius 3 is 2.15 bits per heavy atom. The van der Waals surface area contributed by atoms with Crippen LogP contribution in [0.2, 0.25) is 0 Å². The van der Waals surface area contributed by atoms with Gasteiger partial charge >= 0.3 is 5.97 Å². The Hall–Kier alpha value is -2.86. The molecule has 0 saturated heterocycles. The minimum absolute atomic E-state index is 0.208. The molecule has 26 heavy (non-hydrogen) atoms. The van der Waals surface area contributed by atoms with Crippen LogP contribution in [0.1, 0.15) is 21.5 Å². The lowest BCUT2D eigenvalue weighted by Crippen LogP contribution is -2.25. The highest BCUT2D eigenvalue weighted by molar-refractivity contribution is 7.89. The average molecular weight is 371 g/mol. The van der Waals surface area contributed by atoms with Crippen LogP contribution in [-0.4, -0.2) is 32.8 Å². The fourth-order valence-electron chi connectivity index (χ4n) is 2.29. The normalized spacial score (nSPS) is 11.7. The summed E-state index contributed by atoms with van der Waals surface area (Å²) >= 11 is 0. The number of hydrogen-bond donors (Lipinski definition) is 0. The van der Waals surface area contributed by atoms with Crippen molar-refractivity contribution in [1.82, 2.24) is 4.31 Å². The highest BCUT2D eigenvalue weighted by Gasteiger charge is 2.21. The zero-order valence-corrected chi connectivity index (χ0v) is 15.8. The number of rotatable bonds is 6. The third-order valence-electron chi connectivity index (χ3n) is 3.90. The second-order valence-electron chi connectivity index (χ2n) is 5.67. The molecule has 2 aromatic rings. The number of carbonyl (C=O) groups excluding carboxylic acids is 1. The van der Waals surface area contributed by atoms with Crippen LogP contribution in [0.15, 0.2) is 71.8 Å². The van der Waals surface area contributed by atoms with Crippen LogP contribution < -0.4 is 0 Å². The van der Waals surface area contributed by atoms with E-state index < -0.39 is 16.0 Å². The Morgan fingerprint density at radius 1 is 1.08 bits per heavy atom. The number of ether oxygens (including phenoxy) is 1. The number of nitrogens with zero attached hydrogens (tertiary/aromatic N) is 1. The summed E-state index contributed by atoms with van der Waals surface area (Å²) in [4.78, 5) is 11.7. The van der Waals surface area contributed by atoms with E-state index in [1.165, 1.54) is 24.5 Å². The van der Waals surface area contributed by atoms with Crippen molar-refractivity contribution in [3.05, 3.63) is 83.6 Å². The van der Waals surface area contributed by atoms with Crippen molar-refractivity contribution in [3.63, 3.8) is 0 Å². The monoisotopic (exact) mass is 371 g/mol. The molecule has 0 aliphatic rings. The maximum Gasteiger partial charge on any atom is 0.337 e. The number of hydrogen-bond acceptors (Lipinski definition) is 4. The molecular weight excluding hydrogens is 350 g/mol. The van der Waals surface area contributed by atoms with Crippen molar-refractivity contribution < 1.29 is 17.9 Å². The molecular formula is C20H21NO4S. The summed E-state index contributed by atoms with van der Waals surface area (Å²) < 4.78 is 31.4. The topological polar surface area (TPSA) is 63.7 Å². The first kappa shape index (κ1) is 19.5. The number of esters is 1. The smallest absolute Gasteiger partial charge is 0.337 e. The van der Waals surface area contributed by atoms with Crippen LogP contribution in [-0.2, 0) is 14.8 Å². The summed E-state index contributed by atoms with van der Waals surface area (Å²) in [6.07, 6.45) is 3.15. The Labute approximate surface area is 154 Å². The van der Waals surface area contributed by atoms with Crippen LogP contribution in [0.5, 0.6) is 0 Å². The molecule has 0 aliphatic heterocycles. The number of aryl methyl sites for hydroxylation is 1. The van der Waals surface area contributed by atoms with Crippen LogP contribution in [0.25, 0.3) is 6.08 Å². The quantitative estimate of drug-likeness (QED) is 0.575. The Morgan fingerprint density at radius 2 is 1.65 bits per heavy atom. The van der Waals surface area contributed by atoms with E-state index in [-0.39, 0.29) is 4.90 Å². The third kappa shape index (κ3) is 4.21. The van der Waals surface area contributed by atoms with Crippen LogP contribution >= 0.6 is 0 Å². The van der Waals surface area contributed by atoms with Crippen LogP contribution in [0.4, 0.5) is 0 Å². The van der Waals surface area contributed by atoms with Crippen molar-refractivity contribution in [3.8, 4) is 0 Å². The number of sulfonamides is 1. The van der Waals surface area contributed by atoms with Crippen molar-refractivity contribution in [2.24, 2.45) is 0 Å². The molecule has 5 nitrogen and oxygen atoms in total. The van der Waals surface area contributed by atoms with Gasteiger partial charge in [0, 0.05) is 7.05 Å². The lowest BCUT2D eigenvalue weighted by molar-refractivity contribution is 0.0600. The van der Waals surface area contributed by atoms with E-state index in [1.807, 2.05) is 6.92 Å². The molecule has 0 atom stereocenters. The number of carbonyl (C=O) groups is 1. The van der Waals surface area contributed by atoms with Gasteiger partial charge in [0.25, 0.3) is 10.0 Å². The van der Waals surface area contributed by atoms with Crippen molar-refractivity contribution in [2.45, 2.75) is 11.8 Å². The maximum atomic E-state index is 12.8. The first-order valence-electron chi connectivity index (χ1n) is 7.87. The summed E-state index contributed by atoms with van der Waals surface area (Å²) in [5.74, 6) is -0.427. The molecule has 0 aromatic heterocycles. The van der Waals surface area contributed by atoms with Gasteiger partial charge in [0.05, 0.1) is 23.3 Å². The Bertz CT molecular complexity index is 927. The molecule has 136 valence electrons. The van der Waals surface area contributed by atoms with Crippen LogP contribution in [0.3, 0.4) is 0 Å². The molecule has 0 saturated carbocycles. The van der Waals surface area contributed by atoms with Gasteiger partial charge < -0.3 is 4.74 Å². The molecule has 0 amide bonds. The van der Waals surface area contributed by atoms with Crippen LogP contribution in [0, 0.1) is 6.92 Å². The second kappa shape index (κ2) is 8.01. The van der Waals surface area contributed by atoms with Gasteiger partial charge in [0.2, 0.25) is 0 Å². The molecule has 0 radical (unpaired) electrons. The predicted octanol–water partition coefficient (Wildman–Crippen LogP) is 3.63. The Balaban J connectivity index is 2.34. The van der Waals surface area contributed by atoms with Gasteiger partial charge in [-0.2, -0.15) is 0 Å². The lowest BCUT2D eigenvalue weighted by atomic mass is 10.1. The molecule has 0 fully saturated rings. The molecule has 6 heteroatoms. The molecule has 0 bridgehead atoms. The number of likely N-dealkylation sites (N-methyl/N-ethyl adjacent to an activating group) is 1. The van der Waals surface area contributed by atoms with Crippen molar-refractivity contribution in [2.75, 3.05) is 14.2 Å². The molecule has 0 unspecified atom stereocenters. The summed E-state index contributed by atoms with van der Waals surface area (Å²) in [5.41, 5.74) is 2.55. The van der Waals surface area contributed by atoms with E-state index >= 15 is 0 Å². The minimum Gasteiger partial charge on any atom is -0.465 e. The van der Waals surface area contributed by atoms with E-state index in [9.17, 15) is 13.2 Å². The maximum absolute atomic E-state index is 12.8. The fraction of sp³-hybridized carbons (Fsp3) is 0.150. The van der Waals surface area contributed by atoms with E-state index in [0.717, 1.165) is 11.1 Å². The summed E-state index contributed by atoms with van der Waals surface area (Å²) in [7, 11) is -0.899. The average Bonchev–Trinajstić information content (AvgIpc) is 2.65. The number of allylic oxidation sites excluding steroid dienone is 1. The standard InChI is InChI=1S/C20H21NO4S/c1-5-18(14-16-8-10-17(11-9-16)20(22)25-4)21(3)26(23,24)19-12-6-15(2)7-13-19/h5-14H,1H2,2-4H3/b18-14-. The number of methoxy groups -OCH3 is 1. The minimum atomic E-state index is -3.69. The molecule has 2 rings (SSSR count). The largest absolute Gasteiger partial charge is 0.465 e. The van der Waals surface area contributed by atoms with Gasteiger partial charge in [-0.3, -0.25) is 4.31 Å². The van der Waals surface area contributed by atoms with E-state index in [0.29, 0.717) is 11.3 Å². The molecule has 0 spiro atoms. The van der Waals surface area contributed by atoms with Gasteiger partial charge in [-0.25, -0.2) is 13.2 Å². The fourth-order valence-corrected chi connectivity index (χ4v) is 3.49. The summed E-state index contributed by atoms with van der Waals surface area (Å²) in [5, 5.41) is 0. The summed E-state index contributed by atoms with van der Waals surface area (Å²) in [6, 6.07) is 13.3. The highest BCUT2D eigenvalue weighted by atomic mass is 32.2. The lowest BCUT2D eigenvalue weighted by Gasteiger charge is -2.20. The van der Waals surface area contributed by atoms with Gasteiger partial charge in [-0.15, -0.1) is 0 Å². The predicted molar refractivity (Wildman–Crippen MR) is 102 cm³/mol. The first-order chi connectivity index (χ1) is 12.3. The van der Waals surface area contributed by atoms with E-state index in [4.69, 9.17) is 0 Å². The van der Waals surface area contributed by atoms with E-state index in [1.54, 1.807) is 54.6 Å². The third-order valence-corrected chi connectivity index (χ3v) is 5.70. The molecule has 2 aromatic carbocycles. The zero-order chi connectivity index (χ0) is 19.3. The first-order valence-corrected chi connectivity index (χ1v) is 9.31. The van der Waals surface area contributed by atoms with Gasteiger partial charge in [0.1, 0.15) is 0 Å². The molecule has 0 heterocycles. The van der Waals surface area contributed by atoms with E-state index in [2.05, 4.69) is 11.3 Å². The van der Waals surface area contributed by atoms with Crippen molar-refractivity contribution in [1.29, 1.82) is 0 Å². The van der Waals surface area contributed by atoms with Gasteiger partial charge in [0.15, 0.2) is 0 Å². The van der Waals surface area contributed by atoms with Gasteiger partial charge in [-0.1, -0.05) is 36.4 Å². The molecule has 0 aliphatic carbocycles. The number of benzene rings is 2. The summed E-state index contributed by atoms with van der Waals surface area (Å²) in [6.45, 7) is 5.61. The molecule has 0 N–H and O–H groups in total.